The molecule has 0 aromatic carbocycles. The molecule has 5 aromatic heterocycles. The van der Waals surface area contributed by atoms with Crippen molar-refractivity contribution in [3.63, 3.8) is 0 Å². The Morgan fingerprint density at radius 1 is 1.11 bits per heavy atom. The number of nitrogens with one attached hydrogen (secondary N) is 1. The van der Waals surface area contributed by atoms with Crippen LogP contribution in [0.3, 0.4) is 0 Å². The molecule has 35 heavy (non-hydrogen) atoms. The zero-order chi connectivity index (χ0) is 23.8. The molecule has 1 aliphatic carbocycles. The van der Waals surface area contributed by atoms with Crippen molar-refractivity contribution in [3.05, 3.63) is 75.9 Å². The first-order valence-corrected chi connectivity index (χ1v) is 13.1. The van der Waals surface area contributed by atoms with E-state index in [1.165, 1.54) is 11.3 Å². The fourth-order valence-electron chi connectivity index (χ4n) is 4.79. The lowest BCUT2D eigenvalue weighted by Crippen LogP contribution is -2.38. The maximum atomic E-state index is 12.8. The van der Waals surface area contributed by atoms with Crippen LogP contribution in [-0.4, -0.2) is 41.2 Å². The monoisotopic (exact) mass is 547 g/mol. The van der Waals surface area contributed by atoms with Crippen molar-refractivity contribution in [1.29, 1.82) is 0 Å². The number of fused-ring (bicyclic) bond motifs is 1. The average molecular weight is 548 g/mol. The summed E-state index contributed by atoms with van der Waals surface area (Å²) in [6, 6.07) is 13.8. The van der Waals surface area contributed by atoms with Crippen LogP contribution in [0.2, 0.25) is 0 Å². The SMILES string of the molecule is O=C(NC1CCC[C@@H](n2c(-c3ccccn3)nc3cnc(-n4cccn4)cc32)C1)c1ccc(Br)s1. The number of hydrogen-bond donors (Lipinski definition) is 1. The normalized spacial score (nSPS) is 18.1. The summed E-state index contributed by atoms with van der Waals surface area (Å²) in [7, 11) is 0. The van der Waals surface area contributed by atoms with Gasteiger partial charge in [-0.25, -0.2) is 14.6 Å². The quantitative estimate of drug-likeness (QED) is 0.317. The third kappa shape index (κ3) is 4.39. The van der Waals surface area contributed by atoms with Crippen molar-refractivity contribution in [1.82, 2.24) is 34.6 Å². The number of pyridine rings is 2. The zero-order valence-corrected chi connectivity index (χ0v) is 21.1. The van der Waals surface area contributed by atoms with Crippen LogP contribution in [-0.2, 0) is 0 Å². The average Bonchev–Trinajstić information content (AvgIpc) is 3.64. The van der Waals surface area contributed by atoms with E-state index in [-0.39, 0.29) is 18.0 Å². The van der Waals surface area contributed by atoms with Crippen LogP contribution in [0, 0.1) is 0 Å². The van der Waals surface area contributed by atoms with Crippen molar-refractivity contribution >= 4 is 44.2 Å². The van der Waals surface area contributed by atoms with Crippen LogP contribution < -0.4 is 5.32 Å². The number of amides is 1. The van der Waals surface area contributed by atoms with Gasteiger partial charge >= 0.3 is 0 Å². The first-order chi connectivity index (χ1) is 17.2. The number of aromatic nitrogens is 6. The first kappa shape index (κ1) is 22.1. The Bertz CT molecular complexity index is 1480. The highest BCUT2D eigenvalue weighted by molar-refractivity contribution is 9.11. The number of nitrogens with zero attached hydrogens (tertiary/aromatic N) is 6. The van der Waals surface area contributed by atoms with Crippen LogP contribution in [0.5, 0.6) is 0 Å². The maximum Gasteiger partial charge on any atom is 0.261 e. The molecule has 0 saturated heterocycles. The largest absolute Gasteiger partial charge is 0.349 e. The Hall–Kier alpha value is -3.37. The van der Waals surface area contributed by atoms with E-state index in [1.807, 2.05) is 48.7 Å². The first-order valence-electron chi connectivity index (χ1n) is 11.5. The van der Waals surface area contributed by atoms with Crippen LogP contribution in [0.25, 0.3) is 28.4 Å². The van der Waals surface area contributed by atoms with Crippen molar-refractivity contribution < 1.29 is 4.79 Å². The molecule has 1 N–H and O–H groups in total. The van der Waals surface area contributed by atoms with Gasteiger partial charge in [0.15, 0.2) is 11.6 Å². The molecule has 8 nitrogen and oxygen atoms in total. The van der Waals surface area contributed by atoms with E-state index in [9.17, 15) is 4.79 Å². The maximum absolute atomic E-state index is 12.8. The summed E-state index contributed by atoms with van der Waals surface area (Å²) in [6.07, 6.45) is 11.0. The van der Waals surface area contributed by atoms with E-state index in [4.69, 9.17) is 4.98 Å². The van der Waals surface area contributed by atoms with Crippen molar-refractivity contribution in [3.8, 4) is 17.3 Å². The van der Waals surface area contributed by atoms with Gasteiger partial charge in [-0.05, 0) is 71.9 Å². The summed E-state index contributed by atoms with van der Waals surface area (Å²) >= 11 is 4.90. The van der Waals surface area contributed by atoms with Crippen LogP contribution in [0.4, 0.5) is 0 Å². The summed E-state index contributed by atoms with van der Waals surface area (Å²) in [6.45, 7) is 0. The van der Waals surface area contributed by atoms with E-state index in [1.54, 1.807) is 23.3 Å². The van der Waals surface area contributed by atoms with E-state index in [0.29, 0.717) is 0 Å². The predicted molar refractivity (Wildman–Crippen MR) is 139 cm³/mol. The molecule has 10 heteroatoms. The zero-order valence-electron chi connectivity index (χ0n) is 18.7. The third-order valence-electron chi connectivity index (χ3n) is 6.34. The van der Waals surface area contributed by atoms with Gasteiger partial charge in [-0.3, -0.25) is 9.78 Å². The molecule has 1 fully saturated rings. The summed E-state index contributed by atoms with van der Waals surface area (Å²) < 4.78 is 4.99. The predicted octanol–water partition coefficient (Wildman–Crippen LogP) is 5.42. The second-order valence-electron chi connectivity index (χ2n) is 8.60. The minimum Gasteiger partial charge on any atom is -0.349 e. The number of rotatable bonds is 5. The molecular formula is C25H22BrN7OS. The molecule has 6 rings (SSSR count). The number of hydrogen-bond acceptors (Lipinski definition) is 6. The number of halogens is 1. The van der Waals surface area contributed by atoms with Gasteiger partial charge in [0.05, 0.1) is 20.4 Å². The smallest absolute Gasteiger partial charge is 0.261 e. The summed E-state index contributed by atoms with van der Waals surface area (Å²) in [5.74, 6) is 1.54. The van der Waals surface area contributed by atoms with Crippen LogP contribution in [0.1, 0.15) is 41.4 Å². The second-order valence-corrected chi connectivity index (χ2v) is 11.1. The fraction of sp³-hybridized carbons (Fsp3) is 0.240. The summed E-state index contributed by atoms with van der Waals surface area (Å²) in [4.78, 5) is 27.6. The molecule has 0 aliphatic heterocycles. The lowest BCUT2D eigenvalue weighted by molar-refractivity contribution is 0.0925. The van der Waals surface area contributed by atoms with Crippen LogP contribution >= 0.6 is 27.3 Å². The Balaban J connectivity index is 1.38. The van der Waals surface area contributed by atoms with Gasteiger partial charge in [0.2, 0.25) is 0 Å². The molecule has 5 aromatic rings. The van der Waals surface area contributed by atoms with Crippen molar-refractivity contribution in [2.24, 2.45) is 0 Å². The summed E-state index contributed by atoms with van der Waals surface area (Å²) in [5, 5.41) is 7.59. The highest BCUT2D eigenvalue weighted by Crippen LogP contribution is 2.36. The Labute approximate surface area is 214 Å². The molecule has 1 saturated carbocycles. The van der Waals surface area contributed by atoms with Gasteiger partial charge in [-0.2, -0.15) is 5.10 Å². The van der Waals surface area contributed by atoms with E-state index < -0.39 is 0 Å². The fourth-order valence-corrected chi connectivity index (χ4v) is 6.07. The minimum absolute atomic E-state index is 0.0167. The Morgan fingerprint density at radius 2 is 2.06 bits per heavy atom. The van der Waals surface area contributed by atoms with Gasteiger partial charge in [0, 0.05) is 36.7 Å². The lowest BCUT2D eigenvalue weighted by Gasteiger charge is -2.32. The topological polar surface area (TPSA) is 90.5 Å². The molecule has 5 heterocycles. The molecule has 2 atom stereocenters. The van der Waals surface area contributed by atoms with Gasteiger partial charge in [-0.15, -0.1) is 11.3 Å². The third-order valence-corrected chi connectivity index (χ3v) is 7.96. The minimum atomic E-state index is -0.0167. The van der Waals surface area contributed by atoms with Crippen molar-refractivity contribution in [2.75, 3.05) is 0 Å². The standard InChI is InChI=1S/C25H22BrN7OS/c26-22-9-8-21(35-22)25(34)30-16-5-3-6-17(13-16)33-20-14-23(32-12-4-11-29-32)28-15-19(20)31-24(33)18-7-1-2-10-27-18/h1-2,4,7-12,14-17H,3,5-6,13H2,(H,30,34)/t16?,17-/m1/s1. The van der Waals surface area contributed by atoms with Gasteiger partial charge in [0.1, 0.15) is 11.2 Å². The van der Waals surface area contributed by atoms with E-state index >= 15 is 0 Å². The molecule has 176 valence electrons. The second kappa shape index (κ2) is 9.35. The molecule has 1 amide bonds. The number of carbonyl (C=O) groups is 1. The van der Waals surface area contributed by atoms with Crippen molar-refractivity contribution in [2.45, 2.75) is 37.8 Å². The molecule has 1 aliphatic rings. The number of carbonyl (C=O) groups excluding carboxylic acids is 1. The highest BCUT2D eigenvalue weighted by Gasteiger charge is 2.29. The molecule has 0 radical (unpaired) electrons. The molecule has 1 unspecified atom stereocenters. The van der Waals surface area contributed by atoms with E-state index in [2.05, 4.69) is 40.9 Å². The molecule has 0 spiro atoms. The highest BCUT2D eigenvalue weighted by atomic mass is 79.9. The van der Waals surface area contributed by atoms with Gasteiger partial charge < -0.3 is 9.88 Å². The number of thiophene rings is 1. The molecule has 0 bridgehead atoms. The summed E-state index contributed by atoms with van der Waals surface area (Å²) in [5.41, 5.74) is 2.63. The Kier molecular flexibility index (Phi) is 5.91. The molecular weight excluding hydrogens is 526 g/mol. The number of imidazole rings is 1. The Morgan fingerprint density at radius 3 is 2.83 bits per heavy atom. The van der Waals surface area contributed by atoms with Gasteiger partial charge in [0.25, 0.3) is 5.91 Å². The van der Waals surface area contributed by atoms with E-state index in [0.717, 1.165) is 62.7 Å². The van der Waals surface area contributed by atoms with Gasteiger partial charge in [-0.1, -0.05) is 6.07 Å². The van der Waals surface area contributed by atoms with Crippen LogP contribution in [0.15, 0.2) is 71.0 Å². The lowest BCUT2D eigenvalue weighted by atomic mass is 9.90.